The molecule has 0 aromatic rings. The SMILES string of the molecule is CCCCCC(C)(C)CNC(=NC)NCCCNS(=O)(=O)CC.I. The van der Waals surface area contributed by atoms with Gasteiger partial charge in [0.2, 0.25) is 10.0 Å². The Hall–Kier alpha value is -0.0900. The molecule has 0 aliphatic rings. The molecule has 0 saturated heterocycles. The lowest BCUT2D eigenvalue weighted by Gasteiger charge is -2.26. The fourth-order valence-corrected chi connectivity index (χ4v) is 2.77. The molecule has 0 fully saturated rings. The largest absolute Gasteiger partial charge is 0.356 e. The van der Waals surface area contributed by atoms with E-state index in [-0.39, 0.29) is 35.1 Å². The van der Waals surface area contributed by atoms with Gasteiger partial charge in [0.1, 0.15) is 0 Å². The van der Waals surface area contributed by atoms with Gasteiger partial charge < -0.3 is 10.6 Å². The summed E-state index contributed by atoms with van der Waals surface area (Å²) >= 11 is 0. The van der Waals surface area contributed by atoms with Gasteiger partial charge >= 0.3 is 0 Å². The zero-order chi connectivity index (χ0) is 17.8. The summed E-state index contributed by atoms with van der Waals surface area (Å²) in [5.74, 6) is 0.892. The van der Waals surface area contributed by atoms with Crippen LogP contribution in [0.2, 0.25) is 0 Å². The smallest absolute Gasteiger partial charge is 0.211 e. The monoisotopic (exact) mass is 476 g/mol. The van der Waals surface area contributed by atoms with Gasteiger partial charge in [-0.1, -0.05) is 40.0 Å². The topological polar surface area (TPSA) is 82.6 Å². The summed E-state index contributed by atoms with van der Waals surface area (Å²) < 4.78 is 25.2. The molecular formula is C16H37IN4O2S. The van der Waals surface area contributed by atoms with Crippen LogP contribution in [0.5, 0.6) is 0 Å². The number of nitrogens with zero attached hydrogens (tertiary/aromatic N) is 1. The molecule has 0 bridgehead atoms. The lowest BCUT2D eigenvalue weighted by molar-refractivity contribution is 0.318. The Labute approximate surface area is 166 Å². The number of aliphatic imine (C=N–C) groups is 1. The Morgan fingerprint density at radius 3 is 2.25 bits per heavy atom. The Balaban J connectivity index is 0. The molecule has 0 aromatic carbocycles. The minimum Gasteiger partial charge on any atom is -0.356 e. The maximum absolute atomic E-state index is 11.3. The molecule has 146 valence electrons. The molecule has 0 amide bonds. The highest BCUT2D eigenvalue weighted by molar-refractivity contribution is 14.0. The van der Waals surface area contributed by atoms with Crippen LogP contribution >= 0.6 is 24.0 Å². The molecule has 8 heteroatoms. The van der Waals surface area contributed by atoms with Crippen LogP contribution in [0.1, 0.15) is 59.8 Å². The van der Waals surface area contributed by atoms with Crippen molar-refractivity contribution in [2.45, 2.75) is 59.8 Å². The quantitative estimate of drug-likeness (QED) is 0.175. The predicted molar refractivity (Wildman–Crippen MR) is 115 cm³/mol. The molecule has 0 spiro atoms. The van der Waals surface area contributed by atoms with Gasteiger partial charge in [0.15, 0.2) is 5.96 Å². The molecule has 0 heterocycles. The zero-order valence-electron chi connectivity index (χ0n) is 15.9. The standard InChI is InChI=1S/C16H36N4O2S.HI/c1-6-8-9-11-16(3,4)14-19-15(17-5)18-12-10-13-20-23(21,22)7-2;/h20H,6-14H2,1-5H3,(H2,17,18,19);1H. The van der Waals surface area contributed by atoms with Gasteiger partial charge in [-0.15, -0.1) is 24.0 Å². The molecule has 0 aliphatic carbocycles. The van der Waals surface area contributed by atoms with Crippen LogP contribution in [0.4, 0.5) is 0 Å². The van der Waals surface area contributed by atoms with Crippen molar-refractivity contribution < 1.29 is 8.42 Å². The van der Waals surface area contributed by atoms with E-state index >= 15 is 0 Å². The number of sulfonamides is 1. The summed E-state index contributed by atoms with van der Waals surface area (Å²) in [5, 5.41) is 6.57. The van der Waals surface area contributed by atoms with E-state index < -0.39 is 10.0 Å². The van der Waals surface area contributed by atoms with Crippen LogP contribution in [0, 0.1) is 5.41 Å². The van der Waals surface area contributed by atoms with E-state index in [0.29, 0.717) is 13.1 Å². The maximum atomic E-state index is 11.3. The van der Waals surface area contributed by atoms with Crippen molar-refractivity contribution in [3.63, 3.8) is 0 Å². The molecule has 0 rings (SSSR count). The Bertz CT molecular complexity index is 439. The lowest BCUT2D eigenvalue weighted by Crippen LogP contribution is -2.42. The Morgan fingerprint density at radius 1 is 1.04 bits per heavy atom. The van der Waals surface area contributed by atoms with Gasteiger partial charge in [-0.25, -0.2) is 13.1 Å². The van der Waals surface area contributed by atoms with Gasteiger partial charge in [-0.05, 0) is 25.2 Å². The minimum atomic E-state index is -3.09. The van der Waals surface area contributed by atoms with E-state index in [4.69, 9.17) is 0 Å². The normalized spacial score (nSPS) is 12.6. The zero-order valence-corrected chi connectivity index (χ0v) is 19.1. The van der Waals surface area contributed by atoms with E-state index in [9.17, 15) is 8.42 Å². The number of hydrogen-bond acceptors (Lipinski definition) is 3. The first kappa shape index (κ1) is 26.1. The van der Waals surface area contributed by atoms with Gasteiger partial charge in [0, 0.05) is 26.7 Å². The van der Waals surface area contributed by atoms with E-state index in [0.717, 1.165) is 18.9 Å². The van der Waals surface area contributed by atoms with Gasteiger partial charge in [-0.3, -0.25) is 4.99 Å². The predicted octanol–water partition coefficient (Wildman–Crippen LogP) is 2.71. The van der Waals surface area contributed by atoms with Crippen LogP contribution in [0.25, 0.3) is 0 Å². The van der Waals surface area contributed by atoms with Crippen molar-refractivity contribution in [2.75, 3.05) is 32.4 Å². The van der Waals surface area contributed by atoms with Crippen LogP contribution in [-0.2, 0) is 10.0 Å². The molecule has 6 nitrogen and oxygen atoms in total. The summed E-state index contributed by atoms with van der Waals surface area (Å²) in [7, 11) is -1.34. The molecule has 0 unspecified atom stereocenters. The second-order valence-electron chi connectivity index (χ2n) is 6.63. The first-order chi connectivity index (χ1) is 10.8. The first-order valence-corrected chi connectivity index (χ1v) is 10.3. The average molecular weight is 476 g/mol. The third-order valence-electron chi connectivity index (χ3n) is 3.76. The number of hydrogen-bond donors (Lipinski definition) is 3. The second-order valence-corrected chi connectivity index (χ2v) is 8.72. The highest BCUT2D eigenvalue weighted by Gasteiger charge is 2.17. The fraction of sp³-hybridized carbons (Fsp3) is 0.938. The molecule has 0 atom stereocenters. The van der Waals surface area contributed by atoms with Crippen molar-refractivity contribution >= 4 is 40.0 Å². The third-order valence-corrected chi connectivity index (χ3v) is 5.17. The summed E-state index contributed by atoms with van der Waals surface area (Å²) in [6, 6.07) is 0. The van der Waals surface area contributed by atoms with E-state index in [2.05, 4.69) is 41.1 Å². The Kier molecular flexibility index (Phi) is 15.4. The van der Waals surface area contributed by atoms with E-state index in [1.165, 1.54) is 25.7 Å². The van der Waals surface area contributed by atoms with Gasteiger partial charge in [0.25, 0.3) is 0 Å². The van der Waals surface area contributed by atoms with E-state index in [1.807, 2.05) is 0 Å². The minimum absolute atomic E-state index is 0. The molecular weight excluding hydrogens is 439 g/mol. The molecule has 3 N–H and O–H groups in total. The number of halogens is 1. The summed E-state index contributed by atoms with van der Waals surface area (Å²) in [4.78, 5) is 4.21. The van der Waals surface area contributed by atoms with Crippen LogP contribution in [0.3, 0.4) is 0 Å². The highest BCUT2D eigenvalue weighted by Crippen LogP contribution is 2.22. The molecule has 0 aromatic heterocycles. The van der Waals surface area contributed by atoms with Crippen molar-refractivity contribution in [2.24, 2.45) is 10.4 Å². The van der Waals surface area contributed by atoms with E-state index in [1.54, 1.807) is 14.0 Å². The van der Waals surface area contributed by atoms with Crippen LogP contribution < -0.4 is 15.4 Å². The van der Waals surface area contributed by atoms with Crippen LogP contribution in [-0.4, -0.2) is 46.8 Å². The fourth-order valence-electron chi connectivity index (χ4n) is 2.11. The summed E-state index contributed by atoms with van der Waals surface area (Å²) in [5.41, 5.74) is 0.240. The van der Waals surface area contributed by atoms with Crippen molar-refractivity contribution in [1.82, 2.24) is 15.4 Å². The van der Waals surface area contributed by atoms with Crippen molar-refractivity contribution in [3.8, 4) is 0 Å². The number of nitrogens with one attached hydrogen (secondary N) is 3. The van der Waals surface area contributed by atoms with Gasteiger partial charge in [-0.2, -0.15) is 0 Å². The van der Waals surface area contributed by atoms with Crippen LogP contribution in [0.15, 0.2) is 4.99 Å². The van der Waals surface area contributed by atoms with Crippen molar-refractivity contribution in [1.29, 1.82) is 0 Å². The number of unbranched alkanes of at least 4 members (excludes halogenated alkanes) is 2. The highest BCUT2D eigenvalue weighted by atomic mass is 127. The first-order valence-electron chi connectivity index (χ1n) is 8.68. The third kappa shape index (κ3) is 14.3. The molecule has 0 radical (unpaired) electrons. The molecule has 24 heavy (non-hydrogen) atoms. The second kappa shape index (κ2) is 14.1. The lowest BCUT2D eigenvalue weighted by atomic mass is 9.87. The number of guanidine groups is 1. The molecule has 0 aliphatic heterocycles. The van der Waals surface area contributed by atoms with Crippen molar-refractivity contribution in [3.05, 3.63) is 0 Å². The summed E-state index contributed by atoms with van der Waals surface area (Å²) in [6.07, 6.45) is 5.71. The molecule has 0 saturated carbocycles. The number of rotatable bonds is 12. The van der Waals surface area contributed by atoms with Gasteiger partial charge in [0.05, 0.1) is 5.75 Å². The Morgan fingerprint density at radius 2 is 1.71 bits per heavy atom. The maximum Gasteiger partial charge on any atom is 0.211 e. The average Bonchev–Trinajstić information content (AvgIpc) is 2.50. The summed E-state index contributed by atoms with van der Waals surface area (Å²) in [6.45, 7) is 10.4.